The Morgan fingerprint density at radius 3 is 2.81 bits per heavy atom. The smallest absolute Gasteiger partial charge is 0.276 e. The van der Waals surface area contributed by atoms with Crippen molar-refractivity contribution in [2.24, 2.45) is 0 Å². The van der Waals surface area contributed by atoms with Crippen LogP contribution >= 0.6 is 11.3 Å². The van der Waals surface area contributed by atoms with Crippen molar-refractivity contribution in [1.82, 2.24) is 24.8 Å². The maximum atomic E-state index is 13.3. The van der Waals surface area contributed by atoms with Crippen molar-refractivity contribution >= 4 is 39.2 Å². The number of carbonyl (C=O) groups excluding carboxylic acids is 1. The molecule has 2 aliphatic rings. The van der Waals surface area contributed by atoms with E-state index >= 15 is 0 Å². The highest BCUT2D eigenvalue weighted by molar-refractivity contribution is 7.09. The molecular formula is C24H25N5O2S. The highest BCUT2D eigenvalue weighted by Gasteiger charge is 2.31. The third kappa shape index (κ3) is 3.43. The third-order valence-corrected chi connectivity index (χ3v) is 7.50. The summed E-state index contributed by atoms with van der Waals surface area (Å²) in [5, 5.41) is 4.76. The van der Waals surface area contributed by atoms with Gasteiger partial charge < -0.3 is 19.8 Å². The zero-order chi connectivity index (χ0) is 21.7. The number of fused-ring (bicyclic) bond motifs is 2. The first-order chi connectivity index (χ1) is 15.7. The maximum absolute atomic E-state index is 13.3. The molecule has 8 heteroatoms. The van der Waals surface area contributed by atoms with Crippen LogP contribution in [-0.2, 0) is 0 Å². The van der Waals surface area contributed by atoms with Crippen LogP contribution in [0.25, 0.3) is 33.3 Å². The van der Waals surface area contributed by atoms with Gasteiger partial charge in [0.2, 0.25) is 0 Å². The van der Waals surface area contributed by atoms with Crippen molar-refractivity contribution < 1.29 is 4.79 Å². The fourth-order valence-corrected chi connectivity index (χ4v) is 5.81. The summed E-state index contributed by atoms with van der Waals surface area (Å²) in [4.78, 5) is 41.2. The number of aromatic nitrogens is 3. The monoisotopic (exact) mass is 447 g/mol. The number of amides is 1. The Hall–Kier alpha value is -2.97. The molecule has 0 spiro atoms. The molecule has 2 N–H and O–H groups in total. The van der Waals surface area contributed by atoms with Gasteiger partial charge in [0.15, 0.2) is 5.69 Å². The van der Waals surface area contributed by atoms with Crippen LogP contribution in [0.15, 0.2) is 39.8 Å². The molecule has 4 aromatic rings. The molecule has 1 aromatic carbocycles. The number of likely N-dealkylation sites (tertiary alicyclic amines) is 2. The van der Waals surface area contributed by atoms with Crippen LogP contribution in [0.5, 0.6) is 0 Å². The molecule has 2 fully saturated rings. The molecule has 3 aromatic heterocycles. The van der Waals surface area contributed by atoms with Crippen molar-refractivity contribution in [1.29, 1.82) is 0 Å². The second kappa shape index (κ2) is 7.86. The van der Waals surface area contributed by atoms with Crippen LogP contribution in [0.1, 0.15) is 36.0 Å². The molecule has 164 valence electrons. The summed E-state index contributed by atoms with van der Waals surface area (Å²) < 4.78 is 0. The van der Waals surface area contributed by atoms with E-state index in [1.807, 2.05) is 35.0 Å². The summed E-state index contributed by atoms with van der Waals surface area (Å²) in [5.74, 6) is 0.0976. The van der Waals surface area contributed by atoms with Gasteiger partial charge in [-0.15, -0.1) is 11.3 Å². The molecule has 0 unspecified atom stereocenters. The highest BCUT2D eigenvalue weighted by Crippen LogP contribution is 2.26. The van der Waals surface area contributed by atoms with Crippen LogP contribution in [-0.4, -0.2) is 62.9 Å². The largest absolute Gasteiger partial charge is 0.353 e. The predicted octanol–water partition coefficient (Wildman–Crippen LogP) is 3.83. The van der Waals surface area contributed by atoms with E-state index in [-0.39, 0.29) is 11.5 Å². The van der Waals surface area contributed by atoms with Gasteiger partial charge in [-0.2, -0.15) is 0 Å². The average Bonchev–Trinajstić information content (AvgIpc) is 3.58. The Morgan fingerprint density at radius 2 is 1.94 bits per heavy atom. The molecule has 6 rings (SSSR count). The summed E-state index contributed by atoms with van der Waals surface area (Å²) in [5.41, 5.74) is 3.86. The first-order valence-corrected chi connectivity index (χ1v) is 12.2. The minimum Gasteiger partial charge on any atom is -0.353 e. The van der Waals surface area contributed by atoms with E-state index in [2.05, 4.69) is 24.8 Å². The number of hydrogen-bond donors (Lipinski definition) is 2. The standard InChI is InChI=1S/C24H25N5O2S/c30-23-22(26-20-13-32-14-21(20)27-23)19-10-15-5-6-16(11-18(15)25-19)24(31)29-9-3-4-17(29)12-28-7-1-2-8-28/h5-6,10-11,13-14,17,25H,1-4,7-9,12H2,(H,27,30)/t17-/m1/s1. The number of nitrogens with one attached hydrogen (secondary N) is 2. The Morgan fingerprint density at radius 1 is 1.06 bits per heavy atom. The zero-order valence-corrected chi connectivity index (χ0v) is 18.6. The van der Waals surface area contributed by atoms with E-state index < -0.39 is 0 Å². The Balaban J connectivity index is 1.29. The Kier molecular flexibility index (Phi) is 4.84. The van der Waals surface area contributed by atoms with E-state index in [4.69, 9.17) is 0 Å². The third-order valence-electron chi connectivity index (χ3n) is 6.77. The van der Waals surface area contributed by atoms with Crippen LogP contribution in [0.2, 0.25) is 0 Å². The van der Waals surface area contributed by atoms with Crippen molar-refractivity contribution in [3.8, 4) is 11.4 Å². The lowest BCUT2D eigenvalue weighted by Gasteiger charge is -2.28. The minimum absolute atomic E-state index is 0.0976. The number of aromatic amines is 2. The summed E-state index contributed by atoms with van der Waals surface area (Å²) >= 11 is 1.51. The number of nitrogens with zero attached hydrogens (tertiary/aromatic N) is 3. The topological polar surface area (TPSA) is 85.1 Å². The van der Waals surface area contributed by atoms with Crippen LogP contribution in [0.3, 0.4) is 0 Å². The van der Waals surface area contributed by atoms with Crippen molar-refractivity contribution in [3.63, 3.8) is 0 Å². The molecule has 0 saturated carbocycles. The van der Waals surface area contributed by atoms with Crippen molar-refractivity contribution in [2.45, 2.75) is 31.7 Å². The Labute approximate surface area is 189 Å². The van der Waals surface area contributed by atoms with E-state index in [0.29, 0.717) is 23.0 Å². The second-order valence-corrected chi connectivity index (χ2v) is 9.62. The molecule has 2 aliphatic heterocycles. The molecule has 0 aliphatic carbocycles. The van der Waals surface area contributed by atoms with Crippen LogP contribution in [0.4, 0.5) is 0 Å². The highest BCUT2D eigenvalue weighted by atomic mass is 32.1. The lowest BCUT2D eigenvalue weighted by molar-refractivity contribution is 0.0709. The van der Waals surface area contributed by atoms with Crippen LogP contribution in [0, 0.1) is 0 Å². The van der Waals surface area contributed by atoms with Gasteiger partial charge in [-0.1, -0.05) is 6.07 Å². The molecule has 1 amide bonds. The van der Waals surface area contributed by atoms with Gasteiger partial charge in [0, 0.05) is 46.4 Å². The fourth-order valence-electron chi connectivity index (χ4n) is 5.12. The van der Waals surface area contributed by atoms with E-state index in [1.54, 1.807) is 0 Å². The summed E-state index contributed by atoms with van der Waals surface area (Å²) in [6.07, 6.45) is 4.68. The molecule has 0 radical (unpaired) electrons. The second-order valence-electron chi connectivity index (χ2n) is 8.87. The number of benzene rings is 1. The fraction of sp³-hybridized carbons (Fsp3) is 0.375. The quantitative estimate of drug-likeness (QED) is 0.498. The number of H-pyrrole nitrogens is 2. The minimum atomic E-state index is -0.222. The lowest BCUT2D eigenvalue weighted by atomic mass is 10.1. The Bertz CT molecular complexity index is 1360. The molecule has 7 nitrogen and oxygen atoms in total. The van der Waals surface area contributed by atoms with Gasteiger partial charge in [-0.3, -0.25) is 9.59 Å². The summed E-state index contributed by atoms with van der Waals surface area (Å²) in [6, 6.07) is 7.98. The van der Waals surface area contributed by atoms with E-state index in [9.17, 15) is 9.59 Å². The van der Waals surface area contributed by atoms with Gasteiger partial charge in [0.25, 0.3) is 11.5 Å². The van der Waals surface area contributed by atoms with Crippen molar-refractivity contribution in [3.05, 3.63) is 50.9 Å². The van der Waals surface area contributed by atoms with Gasteiger partial charge in [-0.25, -0.2) is 4.98 Å². The number of hydrogen-bond acceptors (Lipinski definition) is 5. The van der Waals surface area contributed by atoms with Gasteiger partial charge in [-0.05, 0) is 57.0 Å². The number of rotatable bonds is 4. The normalized spacial score (nSPS) is 19.5. The van der Waals surface area contributed by atoms with Crippen LogP contribution < -0.4 is 5.56 Å². The van der Waals surface area contributed by atoms with E-state index in [1.165, 1.54) is 24.2 Å². The average molecular weight is 448 g/mol. The van der Waals surface area contributed by atoms with Crippen molar-refractivity contribution in [2.75, 3.05) is 26.2 Å². The molecule has 0 bridgehead atoms. The van der Waals surface area contributed by atoms with Gasteiger partial charge >= 0.3 is 0 Å². The first kappa shape index (κ1) is 19.7. The molecule has 32 heavy (non-hydrogen) atoms. The molecule has 1 atom stereocenters. The van der Waals surface area contributed by atoms with Gasteiger partial charge in [0.1, 0.15) is 0 Å². The summed E-state index contributed by atoms with van der Waals surface area (Å²) in [7, 11) is 0. The zero-order valence-electron chi connectivity index (χ0n) is 17.8. The number of thiophene rings is 1. The van der Waals surface area contributed by atoms with Gasteiger partial charge in [0.05, 0.1) is 16.7 Å². The first-order valence-electron chi connectivity index (χ1n) is 11.3. The molecule has 2 saturated heterocycles. The predicted molar refractivity (Wildman–Crippen MR) is 127 cm³/mol. The maximum Gasteiger partial charge on any atom is 0.276 e. The molecule has 5 heterocycles. The molecular weight excluding hydrogens is 422 g/mol. The summed E-state index contributed by atoms with van der Waals surface area (Å²) in [6.45, 7) is 4.12. The lowest BCUT2D eigenvalue weighted by Crippen LogP contribution is -2.42. The number of carbonyl (C=O) groups is 1. The SMILES string of the molecule is O=C(c1ccc2cc(-c3nc4cscc4[nH]c3=O)[nH]c2c1)N1CCC[C@@H]1CN1CCCC1. The van der Waals surface area contributed by atoms with E-state index in [0.717, 1.165) is 61.0 Å².